The maximum absolute atomic E-state index is 13.2. The van der Waals surface area contributed by atoms with Gasteiger partial charge in [0.15, 0.2) is 5.16 Å². The van der Waals surface area contributed by atoms with Gasteiger partial charge >= 0.3 is 0 Å². The molecule has 0 aliphatic carbocycles. The number of nitrogens with zero attached hydrogens (tertiary/aromatic N) is 2. The van der Waals surface area contributed by atoms with Crippen molar-refractivity contribution in [1.82, 2.24) is 14.9 Å². The molecule has 1 fully saturated rings. The van der Waals surface area contributed by atoms with Crippen molar-refractivity contribution in [3.05, 3.63) is 45.8 Å². The third-order valence-corrected chi connectivity index (χ3v) is 6.84. The van der Waals surface area contributed by atoms with Gasteiger partial charge in [-0.1, -0.05) is 30.3 Å². The van der Waals surface area contributed by atoms with Crippen molar-refractivity contribution < 1.29 is 9.18 Å². The van der Waals surface area contributed by atoms with Gasteiger partial charge in [-0.2, -0.15) is 0 Å². The molecular formula is C19H18FN3O2S2. The second-order valence-electron chi connectivity index (χ2n) is 6.49. The Labute approximate surface area is 163 Å². The molecule has 1 N–H and O–H groups in total. The summed E-state index contributed by atoms with van der Waals surface area (Å²) < 4.78 is 14.7. The summed E-state index contributed by atoms with van der Waals surface area (Å²) in [5.41, 5.74) is 1.38. The van der Waals surface area contributed by atoms with Gasteiger partial charge in [-0.3, -0.25) is 14.2 Å². The normalized spacial score (nSPS) is 17.7. The molecule has 0 bridgehead atoms. The molecule has 1 saturated heterocycles. The molecule has 4 rings (SSSR count). The molecule has 1 aromatic carbocycles. The maximum atomic E-state index is 13.2. The molecule has 1 aliphatic heterocycles. The molecule has 0 saturated carbocycles. The van der Waals surface area contributed by atoms with Crippen molar-refractivity contribution in [2.24, 2.45) is 7.05 Å². The van der Waals surface area contributed by atoms with Crippen LogP contribution in [0.25, 0.3) is 21.3 Å². The summed E-state index contributed by atoms with van der Waals surface area (Å²) in [6, 6.07) is 6.08. The number of amides is 1. The second-order valence-corrected chi connectivity index (χ2v) is 8.52. The number of thioether (sulfide) groups is 1. The first-order valence-electron chi connectivity index (χ1n) is 8.73. The average molecular weight is 404 g/mol. The Kier molecular flexibility index (Phi) is 5.01. The quantitative estimate of drug-likeness (QED) is 0.679. The zero-order valence-electron chi connectivity index (χ0n) is 14.7. The Morgan fingerprint density at radius 3 is 2.81 bits per heavy atom. The molecule has 1 amide bonds. The number of benzene rings is 1. The Balaban J connectivity index is 1.75. The summed E-state index contributed by atoms with van der Waals surface area (Å²) in [5.74, 6) is -0.310. The van der Waals surface area contributed by atoms with Crippen molar-refractivity contribution in [3.63, 3.8) is 0 Å². The molecule has 27 heavy (non-hydrogen) atoms. The number of fused-ring (bicyclic) bond motifs is 1. The fraction of sp³-hybridized carbons (Fsp3) is 0.316. The summed E-state index contributed by atoms with van der Waals surface area (Å²) in [4.78, 5) is 30.5. The highest BCUT2D eigenvalue weighted by Crippen LogP contribution is 2.33. The first kappa shape index (κ1) is 18.2. The van der Waals surface area contributed by atoms with Crippen molar-refractivity contribution >= 4 is 39.2 Å². The number of nitrogens with one attached hydrogen (secondary N) is 1. The second kappa shape index (κ2) is 7.44. The largest absolute Gasteiger partial charge is 0.355 e. The number of thiophene rings is 1. The predicted molar refractivity (Wildman–Crippen MR) is 107 cm³/mol. The van der Waals surface area contributed by atoms with E-state index in [0.717, 1.165) is 30.4 Å². The Morgan fingerprint density at radius 1 is 1.26 bits per heavy atom. The van der Waals surface area contributed by atoms with Crippen molar-refractivity contribution in [1.29, 1.82) is 0 Å². The van der Waals surface area contributed by atoms with Crippen LogP contribution in [0.3, 0.4) is 0 Å². The zero-order chi connectivity index (χ0) is 19.0. The number of carbonyl (C=O) groups is 1. The molecule has 0 unspecified atom stereocenters. The number of hydrogen-bond acceptors (Lipinski definition) is 5. The van der Waals surface area contributed by atoms with Crippen molar-refractivity contribution in [3.8, 4) is 11.1 Å². The Bertz CT molecular complexity index is 1060. The van der Waals surface area contributed by atoms with Crippen LogP contribution in [-0.4, -0.2) is 27.3 Å². The van der Waals surface area contributed by atoms with E-state index in [1.807, 2.05) is 5.38 Å². The summed E-state index contributed by atoms with van der Waals surface area (Å²) in [7, 11) is 1.68. The first-order chi connectivity index (χ1) is 13.0. The van der Waals surface area contributed by atoms with Crippen LogP contribution in [0.4, 0.5) is 4.39 Å². The van der Waals surface area contributed by atoms with E-state index >= 15 is 0 Å². The monoisotopic (exact) mass is 403 g/mol. The molecule has 2 aromatic heterocycles. The van der Waals surface area contributed by atoms with Crippen LogP contribution in [0, 0.1) is 5.82 Å². The van der Waals surface area contributed by atoms with E-state index in [0.29, 0.717) is 21.9 Å². The standard InChI is InChI=1S/C19H18FN3O2S2/c1-23-18(25)15-13(11-5-7-12(20)8-6-11)10-26-17(15)22-19(23)27-14-4-2-3-9-21-16(14)24/h5-8,10,14H,2-4,9H2,1H3,(H,21,24)/t14-/m1/s1. The smallest absolute Gasteiger partial charge is 0.263 e. The lowest BCUT2D eigenvalue weighted by atomic mass is 10.1. The van der Waals surface area contributed by atoms with E-state index < -0.39 is 0 Å². The fourth-order valence-electron chi connectivity index (χ4n) is 3.15. The molecule has 1 aliphatic rings. The summed E-state index contributed by atoms with van der Waals surface area (Å²) >= 11 is 2.73. The maximum Gasteiger partial charge on any atom is 0.263 e. The van der Waals surface area contributed by atoms with Gasteiger partial charge < -0.3 is 5.32 Å². The van der Waals surface area contributed by atoms with Crippen LogP contribution < -0.4 is 10.9 Å². The number of carbonyl (C=O) groups excluding carboxylic acids is 1. The van der Waals surface area contributed by atoms with Crippen LogP contribution in [0.1, 0.15) is 19.3 Å². The molecular weight excluding hydrogens is 385 g/mol. The molecule has 0 radical (unpaired) electrons. The van der Waals surface area contributed by atoms with Crippen molar-refractivity contribution in [2.75, 3.05) is 6.54 Å². The van der Waals surface area contributed by atoms with Gasteiger partial charge in [0, 0.05) is 24.5 Å². The summed E-state index contributed by atoms with van der Waals surface area (Å²) in [5, 5.41) is 5.63. The van der Waals surface area contributed by atoms with Crippen LogP contribution in [0.2, 0.25) is 0 Å². The van der Waals surface area contributed by atoms with Gasteiger partial charge in [0.2, 0.25) is 5.91 Å². The third kappa shape index (κ3) is 3.51. The average Bonchev–Trinajstić information content (AvgIpc) is 2.98. The molecule has 1 atom stereocenters. The van der Waals surface area contributed by atoms with E-state index in [-0.39, 0.29) is 22.5 Å². The van der Waals surface area contributed by atoms with Gasteiger partial charge in [0.1, 0.15) is 10.6 Å². The number of hydrogen-bond donors (Lipinski definition) is 1. The van der Waals surface area contributed by atoms with Crippen LogP contribution in [-0.2, 0) is 11.8 Å². The van der Waals surface area contributed by atoms with E-state index in [2.05, 4.69) is 10.3 Å². The number of halogens is 1. The van der Waals surface area contributed by atoms with Crippen molar-refractivity contribution in [2.45, 2.75) is 29.7 Å². The third-order valence-electron chi connectivity index (χ3n) is 4.66. The van der Waals surface area contributed by atoms with Gasteiger partial charge in [-0.25, -0.2) is 9.37 Å². The lowest BCUT2D eigenvalue weighted by Crippen LogP contribution is -2.31. The number of aromatic nitrogens is 2. The van der Waals surface area contributed by atoms with E-state index in [1.54, 1.807) is 19.2 Å². The Hall–Kier alpha value is -2.19. The minimum absolute atomic E-state index is 0.00465. The van der Waals surface area contributed by atoms with Crippen LogP contribution in [0.5, 0.6) is 0 Å². The molecule has 3 aromatic rings. The lowest BCUT2D eigenvalue weighted by Gasteiger charge is -2.14. The molecule has 8 heteroatoms. The van der Waals surface area contributed by atoms with E-state index in [4.69, 9.17) is 0 Å². The minimum atomic E-state index is -0.315. The Morgan fingerprint density at radius 2 is 2.04 bits per heavy atom. The summed E-state index contributed by atoms with van der Waals surface area (Å²) in [6.45, 7) is 0.702. The van der Waals surface area contributed by atoms with Gasteiger partial charge in [-0.15, -0.1) is 11.3 Å². The highest BCUT2D eigenvalue weighted by Gasteiger charge is 2.24. The van der Waals surface area contributed by atoms with Gasteiger partial charge in [0.25, 0.3) is 5.56 Å². The molecule has 5 nitrogen and oxygen atoms in total. The van der Waals surface area contributed by atoms with E-state index in [1.165, 1.54) is 39.8 Å². The number of rotatable bonds is 3. The SMILES string of the molecule is Cn1c(S[C@@H]2CCCCNC2=O)nc2scc(-c3ccc(F)cc3)c2c1=O. The molecule has 3 heterocycles. The fourth-order valence-corrected chi connectivity index (χ4v) is 5.26. The first-order valence-corrected chi connectivity index (χ1v) is 10.5. The highest BCUT2D eigenvalue weighted by molar-refractivity contribution is 8.00. The zero-order valence-corrected chi connectivity index (χ0v) is 16.3. The van der Waals surface area contributed by atoms with E-state index in [9.17, 15) is 14.0 Å². The molecule has 140 valence electrons. The van der Waals surface area contributed by atoms with Gasteiger partial charge in [-0.05, 0) is 30.5 Å². The highest BCUT2D eigenvalue weighted by atomic mass is 32.2. The molecule has 0 spiro atoms. The predicted octanol–water partition coefficient (Wildman–Crippen LogP) is 3.56. The van der Waals surface area contributed by atoms with Crippen LogP contribution >= 0.6 is 23.1 Å². The minimum Gasteiger partial charge on any atom is -0.355 e. The lowest BCUT2D eigenvalue weighted by molar-refractivity contribution is -0.120. The van der Waals surface area contributed by atoms with Crippen LogP contribution in [0.15, 0.2) is 39.6 Å². The topological polar surface area (TPSA) is 64.0 Å². The van der Waals surface area contributed by atoms with Gasteiger partial charge in [0.05, 0.1) is 10.6 Å². The summed E-state index contributed by atoms with van der Waals surface area (Å²) in [6.07, 6.45) is 2.72.